The summed E-state index contributed by atoms with van der Waals surface area (Å²) < 4.78 is 11.3. The van der Waals surface area contributed by atoms with Gasteiger partial charge >= 0.3 is 5.97 Å². The SMILES string of the molecule is CN(CC1COc2ccccc2O1)C(=O)CCC(=O)O. The fourth-order valence-corrected chi connectivity index (χ4v) is 1.97. The second-order valence-corrected chi connectivity index (χ2v) is 4.67. The maximum Gasteiger partial charge on any atom is 0.303 e. The summed E-state index contributed by atoms with van der Waals surface area (Å²) in [6.45, 7) is 0.736. The van der Waals surface area contributed by atoms with Gasteiger partial charge in [0.1, 0.15) is 6.61 Å². The highest BCUT2D eigenvalue weighted by atomic mass is 16.6. The highest BCUT2D eigenvalue weighted by Crippen LogP contribution is 2.30. The maximum atomic E-state index is 11.7. The molecular weight excluding hydrogens is 262 g/mol. The first-order valence-corrected chi connectivity index (χ1v) is 6.40. The molecule has 1 heterocycles. The van der Waals surface area contributed by atoms with Crippen LogP contribution >= 0.6 is 0 Å². The molecule has 1 unspecified atom stereocenters. The highest BCUT2D eigenvalue weighted by Gasteiger charge is 2.23. The fraction of sp³-hybridized carbons (Fsp3) is 0.429. The van der Waals surface area contributed by atoms with Crippen LogP contribution in [0.2, 0.25) is 0 Å². The van der Waals surface area contributed by atoms with Crippen LogP contribution < -0.4 is 9.47 Å². The Morgan fingerprint density at radius 2 is 2.00 bits per heavy atom. The number of carbonyl (C=O) groups excluding carboxylic acids is 1. The zero-order valence-electron chi connectivity index (χ0n) is 11.2. The monoisotopic (exact) mass is 279 g/mol. The summed E-state index contributed by atoms with van der Waals surface area (Å²) >= 11 is 0. The minimum absolute atomic E-state index is 0.00397. The van der Waals surface area contributed by atoms with Crippen LogP contribution in [0.3, 0.4) is 0 Å². The van der Waals surface area contributed by atoms with E-state index in [0.29, 0.717) is 24.7 Å². The first-order valence-electron chi connectivity index (χ1n) is 6.40. The van der Waals surface area contributed by atoms with Crippen molar-refractivity contribution in [3.8, 4) is 11.5 Å². The molecule has 1 atom stereocenters. The topological polar surface area (TPSA) is 76.1 Å². The van der Waals surface area contributed by atoms with Crippen LogP contribution in [0, 0.1) is 0 Å². The second-order valence-electron chi connectivity index (χ2n) is 4.67. The summed E-state index contributed by atoms with van der Waals surface area (Å²) in [5.74, 6) is 0.173. The lowest BCUT2D eigenvalue weighted by molar-refractivity contribution is -0.140. The quantitative estimate of drug-likeness (QED) is 0.875. The van der Waals surface area contributed by atoms with Crippen LogP contribution in [-0.4, -0.2) is 48.2 Å². The molecule has 6 heteroatoms. The van der Waals surface area contributed by atoms with Gasteiger partial charge in [-0.2, -0.15) is 0 Å². The molecule has 0 radical (unpaired) electrons. The molecule has 2 rings (SSSR count). The van der Waals surface area contributed by atoms with E-state index in [4.69, 9.17) is 14.6 Å². The lowest BCUT2D eigenvalue weighted by Crippen LogP contribution is -2.41. The van der Waals surface area contributed by atoms with Crippen molar-refractivity contribution in [1.29, 1.82) is 0 Å². The van der Waals surface area contributed by atoms with Gasteiger partial charge in [-0.3, -0.25) is 9.59 Å². The highest BCUT2D eigenvalue weighted by molar-refractivity contribution is 5.80. The largest absolute Gasteiger partial charge is 0.486 e. The van der Waals surface area contributed by atoms with Crippen molar-refractivity contribution >= 4 is 11.9 Å². The maximum absolute atomic E-state index is 11.7. The Morgan fingerprint density at radius 1 is 1.30 bits per heavy atom. The number of carbonyl (C=O) groups is 2. The molecule has 20 heavy (non-hydrogen) atoms. The molecule has 0 spiro atoms. The number of carboxylic acids is 1. The second kappa shape index (κ2) is 6.27. The number of ether oxygens (including phenoxy) is 2. The Morgan fingerprint density at radius 3 is 2.70 bits per heavy atom. The zero-order valence-corrected chi connectivity index (χ0v) is 11.2. The van der Waals surface area contributed by atoms with Gasteiger partial charge in [-0.15, -0.1) is 0 Å². The average Bonchev–Trinajstić information content (AvgIpc) is 2.44. The number of amides is 1. The molecule has 1 aromatic rings. The molecule has 0 aliphatic carbocycles. The number of rotatable bonds is 5. The summed E-state index contributed by atoms with van der Waals surface area (Å²) in [7, 11) is 1.63. The van der Waals surface area contributed by atoms with Gasteiger partial charge in [0.25, 0.3) is 0 Å². The third-order valence-corrected chi connectivity index (χ3v) is 3.02. The van der Waals surface area contributed by atoms with Crippen molar-refractivity contribution in [2.24, 2.45) is 0 Å². The van der Waals surface area contributed by atoms with Crippen LogP contribution in [0.4, 0.5) is 0 Å². The lowest BCUT2D eigenvalue weighted by atomic mass is 10.2. The van der Waals surface area contributed by atoms with Crippen LogP contribution in [0.15, 0.2) is 24.3 Å². The van der Waals surface area contributed by atoms with Crippen LogP contribution in [-0.2, 0) is 9.59 Å². The van der Waals surface area contributed by atoms with Crippen LogP contribution in [0.1, 0.15) is 12.8 Å². The van der Waals surface area contributed by atoms with Gasteiger partial charge in [0.2, 0.25) is 5.91 Å². The summed E-state index contributed by atoms with van der Waals surface area (Å²) in [6, 6.07) is 7.36. The Bertz CT molecular complexity index is 502. The summed E-state index contributed by atoms with van der Waals surface area (Å²) in [6.07, 6.45) is -0.409. The van der Waals surface area contributed by atoms with E-state index in [1.165, 1.54) is 4.90 Å². The van der Waals surface area contributed by atoms with E-state index in [1.54, 1.807) is 7.05 Å². The van der Waals surface area contributed by atoms with Gasteiger partial charge in [-0.1, -0.05) is 12.1 Å². The summed E-state index contributed by atoms with van der Waals surface area (Å²) in [5.41, 5.74) is 0. The molecule has 6 nitrogen and oxygen atoms in total. The normalized spacial score (nSPS) is 16.6. The van der Waals surface area contributed by atoms with Crippen molar-refractivity contribution in [2.75, 3.05) is 20.2 Å². The number of nitrogens with zero attached hydrogens (tertiary/aromatic N) is 1. The summed E-state index contributed by atoms with van der Waals surface area (Å²) in [5, 5.41) is 8.56. The number of hydrogen-bond donors (Lipinski definition) is 1. The van der Waals surface area contributed by atoms with Gasteiger partial charge in [0.05, 0.1) is 13.0 Å². The third-order valence-electron chi connectivity index (χ3n) is 3.02. The van der Waals surface area contributed by atoms with Gasteiger partial charge in [0, 0.05) is 13.5 Å². The number of para-hydroxylation sites is 2. The molecule has 0 fully saturated rings. The minimum Gasteiger partial charge on any atom is -0.486 e. The molecule has 0 saturated carbocycles. The van der Waals surface area contributed by atoms with Gasteiger partial charge < -0.3 is 19.5 Å². The lowest BCUT2D eigenvalue weighted by Gasteiger charge is -2.29. The fourth-order valence-electron chi connectivity index (χ4n) is 1.97. The van der Waals surface area contributed by atoms with Crippen molar-refractivity contribution in [3.05, 3.63) is 24.3 Å². The van der Waals surface area contributed by atoms with Crippen molar-refractivity contribution in [3.63, 3.8) is 0 Å². The van der Waals surface area contributed by atoms with E-state index in [1.807, 2.05) is 24.3 Å². The van der Waals surface area contributed by atoms with Gasteiger partial charge in [-0.05, 0) is 12.1 Å². The van der Waals surface area contributed by atoms with E-state index in [-0.39, 0.29) is 24.9 Å². The molecule has 0 bridgehead atoms. The van der Waals surface area contributed by atoms with Gasteiger partial charge in [0.15, 0.2) is 17.6 Å². The van der Waals surface area contributed by atoms with E-state index in [2.05, 4.69) is 0 Å². The molecule has 1 aliphatic rings. The van der Waals surface area contributed by atoms with Crippen LogP contribution in [0.5, 0.6) is 11.5 Å². The predicted octanol–water partition coefficient (Wildman–Crippen LogP) is 1.15. The molecule has 0 saturated heterocycles. The summed E-state index contributed by atoms with van der Waals surface area (Å²) in [4.78, 5) is 23.6. The Hall–Kier alpha value is -2.24. The first-order chi connectivity index (χ1) is 9.56. The number of likely N-dealkylation sites (N-methyl/N-ethyl adjacent to an activating group) is 1. The number of hydrogen-bond acceptors (Lipinski definition) is 4. The third kappa shape index (κ3) is 3.63. The average molecular weight is 279 g/mol. The van der Waals surface area contributed by atoms with Crippen molar-refractivity contribution < 1.29 is 24.2 Å². The molecule has 1 aliphatic heterocycles. The smallest absolute Gasteiger partial charge is 0.303 e. The minimum atomic E-state index is -0.974. The zero-order chi connectivity index (χ0) is 14.5. The number of carboxylic acid groups (broad SMARTS) is 1. The van der Waals surface area contributed by atoms with Crippen molar-refractivity contribution in [1.82, 2.24) is 4.90 Å². The Balaban J connectivity index is 1.85. The number of benzene rings is 1. The molecule has 1 amide bonds. The van der Waals surface area contributed by atoms with Crippen LogP contribution in [0.25, 0.3) is 0 Å². The van der Waals surface area contributed by atoms with Crippen molar-refractivity contribution in [2.45, 2.75) is 18.9 Å². The molecule has 0 aromatic heterocycles. The number of fused-ring (bicyclic) bond motifs is 1. The number of aliphatic carboxylic acids is 1. The Kier molecular flexibility index (Phi) is 4.45. The first kappa shape index (κ1) is 14.2. The van der Waals surface area contributed by atoms with E-state index in [9.17, 15) is 9.59 Å². The van der Waals surface area contributed by atoms with E-state index < -0.39 is 5.97 Å². The predicted molar refractivity (Wildman–Crippen MR) is 70.9 cm³/mol. The van der Waals surface area contributed by atoms with E-state index >= 15 is 0 Å². The molecule has 1 N–H and O–H groups in total. The molecule has 108 valence electrons. The standard InChI is InChI=1S/C14H17NO5/c1-15(13(16)6-7-14(17)18)8-10-9-19-11-4-2-3-5-12(11)20-10/h2-5,10H,6-9H2,1H3,(H,17,18). The van der Waals surface area contributed by atoms with Gasteiger partial charge in [-0.25, -0.2) is 0 Å². The molecular formula is C14H17NO5. The Labute approximate surface area is 116 Å². The van der Waals surface area contributed by atoms with E-state index in [0.717, 1.165) is 0 Å². The molecule has 1 aromatic carbocycles.